The van der Waals surface area contributed by atoms with Crippen LogP contribution in [0.4, 0.5) is 0 Å². The predicted octanol–water partition coefficient (Wildman–Crippen LogP) is 3.46. The normalized spacial score (nSPS) is 17.0. The summed E-state index contributed by atoms with van der Waals surface area (Å²) in [5.74, 6) is 0.959. The topological polar surface area (TPSA) is 64.6 Å². The molecule has 0 saturated carbocycles. The number of fused-ring (bicyclic) bond motifs is 1. The van der Waals surface area contributed by atoms with E-state index < -0.39 is 16.1 Å². The second-order valence-electron chi connectivity index (χ2n) is 5.65. The van der Waals surface area contributed by atoms with E-state index in [1.165, 1.54) is 7.11 Å². The molecule has 0 amide bonds. The summed E-state index contributed by atoms with van der Waals surface area (Å²) in [5.41, 5.74) is 1.58. The fourth-order valence-electron chi connectivity index (χ4n) is 2.73. The van der Waals surface area contributed by atoms with Gasteiger partial charge in [0, 0.05) is 17.0 Å². The van der Waals surface area contributed by atoms with Crippen LogP contribution in [0, 0.1) is 6.92 Å². The molecule has 3 rings (SSSR count). The lowest BCUT2D eigenvalue weighted by atomic mass is 10.0. The van der Waals surface area contributed by atoms with E-state index in [-0.39, 0.29) is 4.90 Å². The zero-order chi connectivity index (χ0) is 17.3. The minimum atomic E-state index is -3.75. The van der Waals surface area contributed by atoms with Crippen LogP contribution in [0.25, 0.3) is 0 Å². The first kappa shape index (κ1) is 17.1. The van der Waals surface area contributed by atoms with Crippen molar-refractivity contribution in [1.29, 1.82) is 0 Å². The van der Waals surface area contributed by atoms with Crippen molar-refractivity contribution in [1.82, 2.24) is 4.72 Å². The zero-order valence-electron chi connectivity index (χ0n) is 13.4. The van der Waals surface area contributed by atoms with Gasteiger partial charge in [-0.15, -0.1) is 0 Å². The quantitative estimate of drug-likeness (QED) is 0.898. The number of ether oxygens (including phenoxy) is 2. The number of sulfonamides is 1. The first-order valence-electron chi connectivity index (χ1n) is 7.50. The van der Waals surface area contributed by atoms with Crippen molar-refractivity contribution < 1.29 is 17.9 Å². The molecule has 0 radical (unpaired) electrons. The standard InChI is InChI=1S/C17H18ClNO4S/c1-11-3-5-16(22-2)17(9-11)24(20,21)19-14-7-8-23-15-6-4-12(18)10-13(14)15/h3-6,9-10,14,19H,7-8H2,1-2H3. The van der Waals surface area contributed by atoms with Gasteiger partial charge in [0.25, 0.3) is 0 Å². The van der Waals surface area contributed by atoms with Gasteiger partial charge < -0.3 is 9.47 Å². The number of benzene rings is 2. The van der Waals surface area contributed by atoms with E-state index in [0.717, 1.165) is 11.1 Å². The smallest absolute Gasteiger partial charge is 0.244 e. The molecule has 1 heterocycles. The van der Waals surface area contributed by atoms with Crippen molar-refractivity contribution in [3.05, 3.63) is 52.5 Å². The molecule has 1 unspecified atom stereocenters. The highest BCUT2D eigenvalue weighted by molar-refractivity contribution is 7.89. The molecule has 128 valence electrons. The molecule has 2 aromatic carbocycles. The molecule has 1 atom stereocenters. The third kappa shape index (κ3) is 3.36. The molecular weight excluding hydrogens is 350 g/mol. The summed E-state index contributed by atoms with van der Waals surface area (Å²) in [6, 6.07) is 9.87. The molecule has 0 spiro atoms. The van der Waals surface area contributed by atoms with Crippen LogP contribution in [0.3, 0.4) is 0 Å². The van der Waals surface area contributed by atoms with E-state index in [0.29, 0.717) is 29.5 Å². The summed E-state index contributed by atoms with van der Waals surface area (Å²) in [5, 5.41) is 0.539. The average molecular weight is 368 g/mol. The van der Waals surface area contributed by atoms with Crippen LogP contribution in [0.15, 0.2) is 41.3 Å². The van der Waals surface area contributed by atoms with Crippen molar-refractivity contribution in [2.24, 2.45) is 0 Å². The van der Waals surface area contributed by atoms with E-state index in [1.807, 2.05) is 6.92 Å². The largest absolute Gasteiger partial charge is 0.495 e. The molecule has 2 aromatic rings. The summed E-state index contributed by atoms with van der Waals surface area (Å²) in [6.07, 6.45) is 0.528. The van der Waals surface area contributed by atoms with Gasteiger partial charge in [0.1, 0.15) is 16.4 Å². The van der Waals surface area contributed by atoms with E-state index in [4.69, 9.17) is 21.1 Å². The second kappa shape index (κ2) is 6.63. The van der Waals surface area contributed by atoms with Crippen LogP contribution in [0.1, 0.15) is 23.6 Å². The number of hydrogen-bond donors (Lipinski definition) is 1. The van der Waals surface area contributed by atoms with Gasteiger partial charge in [-0.25, -0.2) is 13.1 Å². The van der Waals surface area contributed by atoms with Crippen LogP contribution in [-0.4, -0.2) is 22.1 Å². The Kier molecular flexibility index (Phi) is 4.71. The molecule has 7 heteroatoms. The summed E-state index contributed by atoms with van der Waals surface area (Å²) in [7, 11) is -2.30. The Morgan fingerprint density at radius 3 is 2.79 bits per heavy atom. The molecule has 0 aromatic heterocycles. The Morgan fingerprint density at radius 1 is 1.25 bits per heavy atom. The van der Waals surface area contributed by atoms with Crippen molar-refractivity contribution in [2.75, 3.05) is 13.7 Å². The number of methoxy groups -OCH3 is 1. The fourth-order valence-corrected chi connectivity index (χ4v) is 4.42. The molecular formula is C17H18ClNO4S. The Balaban J connectivity index is 1.97. The summed E-state index contributed by atoms with van der Waals surface area (Å²) >= 11 is 6.05. The first-order valence-corrected chi connectivity index (χ1v) is 9.36. The number of rotatable bonds is 4. The number of aryl methyl sites for hydroxylation is 1. The van der Waals surface area contributed by atoms with Gasteiger partial charge in [0.15, 0.2) is 0 Å². The lowest BCUT2D eigenvalue weighted by Gasteiger charge is -2.27. The van der Waals surface area contributed by atoms with E-state index >= 15 is 0 Å². The Hall–Kier alpha value is -1.76. The van der Waals surface area contributed by atoms with Gasteiger partial charge in [0.2, 0.25) is 10.0 Å². The van der Waals surface area contributed by atoms with E-state index in [1.54, 1.807) is 36.4 Å². The van der Waals surface area contributed by atoms with Crippen LogP contribution in [-0.2, 0) is 10.0 Å². The monoisotopic (exact) mass is 367 g/mol. The van der Waals surface area contributed by atoms with Crippen molar-refractivity contribution in [3.63, 3.8) is 0 Å². The SMILES string of the molecule is COc1ccc(C)cc1S(=O)(=O)NC1CCOc2ccc(Cl)cc21. The molecule has 1 N–H and O–H groups in total. The Bertz CT molecular complexity index is 867. The average Bonchev–Trinajstić information content (AvgIpc) is 2.55. The maximum absolute atomic E-state index is 12.9. The molecule has 1 aliphatic heterocycles. The first-order chi connectivity index (χ1) is 11.4. The summed E-state index contributed by atoms with van der Waals surface area (Å²) in [6.45, 7) is 2.27. The van der Waals surface area contributed by atoms with Crippen molar-refractivity contribution in [3.8, 4) is 11.5 Å². The van der Waals surface area contributed by atoms with Crippen molar-refractivity contribution >= 4 is 21.6 Å². The van der Waals surface area contributed by atoms with Gasteiger partial charge in [-0.3, -0.25) is 0 Å². The molecule has 0 aliphatic carbocycles. The van der Waals surface area contributed by atoms with Gasteiger partial charge >= 0.3 is 0 Å². The van der Waals surface area contributed by atoms with Gasteiger partial charge in [0.05, 0.1) is 19.8 Å². The third-order valence-electron chi connectivity index (χ3n) is 3.92. The van der Waals surface area contributed by atoms with Crippen LogP contribution < -0.4 is 14.2 Å². The lowest BCUT2D eigenvalue weighted by molar-refractivity contribution is 0.263. The molecule has 24 heavy (non-hydrogen) atoms. The highest BCUT2D eigenvalue weighted by atomic mass is 35.5. The maximum Gasteiger partial charge on any atom is 0.244 e. The van der Waals surface area contributed by atoms with E-state index in [9.17, 15) is 8.42 Å². The third-order valence-corrected chi connectivity index (χ3v) is 5.65. The molecule has 0 fully saturated rings. The van der Waals surface area contributed by atoms with Crippen LogP contribution in [0.2, 0.25) is 5.02 Å². The highest BCUT2D eigenvalue weighted by Crippen LogP contribution is 2.35. The number of hydrogen-bond acceptors (Lipinski definition) is 4. The molecule has 5 nitrogen and oxygen atoms in total. The highest BCUT2D eigenvalue weighted by Gasteiger charge is 2.28. The van der Waals surface area contributed by atoms with Crippen LogP contribution >= 0.6 is 11.6 Å². The summed E-state index contributed by atoms with van der Waals surface area (Å²) < 4.78 is 39.2. The minimum Gasteiger partial charge on any atom is -0.495 e. The minimum absolute atomic E-state index is 0.125. The zero-order valence-corrected chi connectivity index (χ0v) is 14.9. The second-order valence-corrected chi connectivity index (χ2v) is 7.77. The maximum atomic E-state index is 12.9. The van der Waals surface area contributed by atoms with Gasteiger partial charge in [-0.1, -0.05) is 17.7 Å². The predicted molar refractivity (Wildman–Crippen MR) is 92.4 cm³/mol. The fraction of sp³-hybridized carbons (Fsp3) is 0.294. The number of nitrogens with one attached hydrogen (secondary N) is 1. The Labute approximate surface area is 146 Å². The van der Waals surface area contributed by atoms with Gasteiger partial charge in [-0.2, -0.15) is 0 Å². The van der Waals surface area contributed by atoms with Crippen molar-refractivity contribution in [2.45, 2.75) is 24.3 Å². The Morgan fingerprint density at radius 2 is 2.04 bits per heavy atom. The van der Waals surface area contributed by atoms with Gasteiger partial charge in [-0.05, 0) is 42.8 Å². The summed E-state index contributed by atoms with van der Waals surface area (Å²) in [4.78, 5) is 0.125. The van der Waals surface area contributed by atoms with E-state index in [2.05, 4.69) is 4.72 Å². The van der Waals surface area contributed by atoms with Crippen LogP contribution in [0.5, 0.6) is 11.5 Å². The molecule has 0 bridgehead atoms. The number of halogens is 1. The molecule has 1 aliphatic rings. The molecule has 0 saturated heterocycles. The lowest BCUT2D eigenvalue weighted by Crippen LogP contribution is -2.32.